The van der Waals surface area contributed by atoms with Crippen LogP contribution in [-0.4, -0.2) is 20.3 Å². The van der Waals surface area contributed by atoms with Crippen LogP contribution in [0.5, 0.6) is 0 Å². The Hall–Kier alpha value is 0.570. The highest BCUT2D eigenvalue weighted by molar-refractivity contribution is 9.10. The van der Waals surface area contributed by atoms with E-state index in [9.17, 15) is 8.42 Å². The normalized spacial score (nSPS) is 19.5. The quantitative estimate of drug-likeness (QED) is 0.713. The first-order valence-electron chi connectivity index (χ1n) is 6.28. The molecule has 0 radical (unpaired) electrons. The number of sulfonamides is 1. The summed E-state index contributed by atoms with van der Waals surface area (Å²) in [5.41, 5.74) is 0.0784. The average Bonchev–Trinajstić information content (AvgIpc) is 2.85. The average molecular weight is 431 g/mol. The molecule has 19 heavy (non-hydrogen) atoms. The molecule has 1 aliphatic carbocycles. The highest BCUT2D eigenvalue weighted by Crippen LogP contribution is 2.38. The van der Waals surface area contributed by atoms with Gasteiger partial charge in [0.15, 0.2) is 0 Å². The second kappa shape index (κ2) is 6.56. The van der Waals surface area contributed by atoms with Crippen molar-refractivity contribution in [1.82, 2.24) is 4.72 Å². The molecule has 0 amide bonds. The van der Waals surface area contributed by atoms with Crippen molar-refractivity contribution in [2.75, 3.05) is 11.9 Å². The van der Waals surface area contributed by atoms with E-state index in [-0.39, 0.29) is 5.41 Å². The number of hydrogen-bond acceptors (Lipinski definition) is 3. The largest absolute Gasteiger partial charge is 0.251 e. The fraction of sp³-hybridized carbons (Fsp3) is 0.667. The summed E-state index contributed by atoms with van der Waals surface area (Å²) < 4.78 is 28.3. The Balaban J connectivity index is 2.07. The summed E-state index contributed by atoms with van der Waals surface area (Å²) >= 11 is 8.08. The Bertz CT molecular complexity index is 522. The van der Waals surface area contributed by atoms with Crippen LogP contribution in [0, 0.1) is 5.41 Å². The molecule has 1 aromatic heterocycles. The lowest BCUT2D eigenvalue weighted by Gasteiger charge is -2.35. The van der Waals surface area contributed by atoms with Crippen molar-refractivity contribution < 1.29 is 8.42 Å². The van der Waals surface area contributed by atoms with E-state index in [1.54, 1.807) is 11.4 Å². The second-order valence-electron chi connectivity index (χ2n) is 5.07. The van der Waals surface area contributed by atoms with E-state index in [0.29, 0.717) is 15.2 Å². The highest BCUT2D eigenvalue weighted by atomic mass is 79.9. The zero-order valence-electron chi connectivity index (χ0n) is 10.5. The van der Waals surface area contributed by atoms with Crippen molar-refractivity contribution >= 4 is 53.2 Å². The summed E-state index contributed by atoms with van der Waals surface area (Å²) in [5, 5.41) is 2.63. The van der Waals surface area contributed by atoms with Crippen molar-refractivity contribution in [2.45, 2.75) is 36.3 Å². The summed E-state index contributed by atoms with van der Waals surface area (Å²) in [5.74, 6) is 0. The van der Waals surface area contributed by atoms with Gasteiger partial charge in [0.2, 0.25) is 0 Å². The number of halogens is 2. The highest BCUT2D eigenvalue weighted by Gasteiger charge is 2.33. The second-order valence-corrected chi connectivity index (χ2v) is 9.37. The van der Waals surface area contributed by atoms with Crippen LogP contribution in [0.3, 0.4) is 0 Å². The third-order valence-corrected chi connectivity index (χ3v) is 8.92. The minimum Gasteiger partial charge on any atom is -0.210 e. The van der Waals surface area contributed by atoms with Crippen LogP contribution in [-0.2, 0) is 10.0 Å². The topological polar surface area (TPSA) is 46.2 Å². The predicted octanol–water partition coefficient (Wildman–Crippen LogP) is 4.13. The first-order valence-corrected chi connectivity index (χ1v) is 10.6. The van der Waals surface area contributed by atoms with Crippen LogP contribution >= 0.6 is 43.2 Å². The molecular weight excluding hydrogens is 414 g/mol. The van der Waals surface area contributed by atoms with E-state index in [4.69, 9.17) is 0 Å². The molecule has 1 aromatic rings. The van der Waals surface area contributed by atoms with Gasteiger partial charge in [-0.25, -0.2) is 13.1 Å². The Labute approximate surface area is 135 Å². The molecule has 0 unspecified atom stereocenters. The van der Waals surface area contributed by atoms with Crippen molar-refractivity contribution in [3.63, 3.8) is 0 Å². The van der Waals surface area contributed by atoms with Crippen LogP contribution < -0.4 is 4.72 Å². The summed E-state index contributed by atoms with van der Waals surface area (Å²) in [6, 6.07) is 1.76. The number of rotatable bonds is 5. The molecule has 1 aliphatic rings. The van der Waals surface area contributed by atoms with Gasteiger partial charge in [-0.1, -0.05) is 35.2 Å². The fourth-order valence-electron chi connectivity index (χ4n) is 2.44. The molecule has 2 rings (SSSR count). The standard InChI is InChI=1S/C12H17Br2NO2S2/c13-8-12(5-2-1-3-6-12)9-15-19(16,17)11-10(14)4-7-18-11/h4,7,15H,1-3,5-6,8-9H2. The van der Waals surface area contributed by atoms with Gasteiger partial charge in [0.1, 0.15) is 4.21 Å². The number of hydrogen-bond donors (Lipinski definition) is 1. The van der Waals surface area contributed by atoms with Crippen LogP contribution in [0.2, 0.25) is 0 Å². The summed E-state index contributed by atoms with van der Waals surface area (Å²) in [6.45, 7) is 0.519. The van der Waals surface area contributed by atoms with E-state index < -0.39 is 10.0 Å². The summed E-state index contributed by atoms with van der Waals surface area (Å²) in [6.07, 6.45) is 5.82. The Morgan fingerprint density at radius 2 is 2.00 bits per heavy atom. The van der Waals surface area contributed by atoms with E-state index in [1.165, 1.54) is 30.6 Å². The summed E-state index contributed by atoms with van der Waals surface area (Å²) in [7, 11) is -3.39. The minimum absolute atomic E-state index is 0.0784. The lowest BCUT2D eigenvalue weighted by Crippen LogP contribution is -2.40. The zero-order chi connectivity index (χ0) is 13.9. The van der Waals surface area contributed by atoms with Gasteiger partial charge in [-0.15, -0.1) is 11.3 Å². The maximum Gasteiger partial charge on any atom is 0.251 e. The molecule has 0 aromatic carbocycles. The Morgan fingerprint density at radius 3 is 2.53 bits per heavy atom. The van der Waals surface area contributed by atoms with Gasteiger partial charge in [-0.3, -0.25) is 0 Å². The molecule has 1 fully saturated rings. The molecule has 3 nitrogen and oxygen atoms in total. The number of thiophene rings is 1. The zero-order valence-corrected chi connectivity index (χ0v) is 15.3. The summed E-state index contributed by atoms with van der Waals surface area (Å²) in [4.78, 5) is 0. The van der Waals surface area contributed by atoms with Gasteiger partial charge in [0.05, 0.1) is 0 Å². The molecule has 0 atom stereocenters. The molecule has 1 N–H and O–H groups in total. The van der Waals surface area contributed by atoms with Crippen LogP contribution in [0.4, 0.5) is 0 Å². The smallest absolute Gasteiger partial charge is 0.210 e. The first-order chi connectivity index (χ1) is 8.99. The van der Waals surface area contributed by atoms with Gasteiger partial charge < -0.3 is 0 Å². The minimum atomic E-state index is -3.39. The van der Waals surface area contributed by atoms with Gasteiger partial charge in [-0.2, -0.15) is 0 Å². The fourth-order valence-corrected chi connectivity index (χ4v) is 6.74. The molecule has 0 bridgehead atoms. The molecule has 1 heterocycles. The van der Waals surface area contributed by atoms with E-state index in [2.05, 4.69) is 36.6 Å². The number of alkyl halides is 1. The van der Waals surface area contributed by atoms with Gasteiger partial charge in [-0.05, 0) is 45.6 Å². The van der Waals surface area contributed by atoms with E-state index in [0.717, 1.165) is 18.2 Å². The third kappa shape index (κ3) is 3.81. The Kier molecular flexibility index (Phi) is 5.50. The molecule has 0 aliphatic heterocycles. The lowest BCUT2D eigenvalue weighted by atomic mass is 9.76. The van der Waals surface area contributed by atoms with Gasteiger partial charge >= 0.3 is 0 Å². The van der Waals surface area contributed by atoms with E-state index in [1.807, 2.05) is 0 Å². The van der Waals surface area contributed by atoms with E-state index >= 15 is 0 Å². The molecule has 108 valence electrons. The van der Waals surface area contributed by atoms with Crippen molar-refractivity contribution in [1.29, 1.82) is 0 Å². The van der Waals surface area contributed by atoms with Crippen molar-refractivity contribution in [3.05, 3.63) is 15.9 Å². The lowest BCUT2D eigenvalue weighted by molar-refractivity contribution is 0.227. The maximum absolute atomic E-state index is 12.3. The van der Waals surface area contributed by atoms with Crippen LogP contribution in [0.1, 0.15) is 32.1 Å². The molecule has 0 saturated heterocycles. The molecular formula is C12H17Br2NO2S2. The van der Waals surface area contributed by atoms with Gasteiger partial charge in [0, 0.05) is 16.3 Å². The van der Waals surface area contributed by atoms with Gasteiger partial charge in [0.25, 0.3) is 10.0 Å². The monoisotopic (exact) mass is 429 g/mol. The maximum atomic E-state index is 12.3. The molecule has 1 saturated carbocycles. The molecule has 7 heteroatoms. The predicted molar refractivity (Wildman–Crippen MR) is 86.5 cm³/mol. The van der Waals surface area contributed by atoms with Crippen molar-refractivity contribution in [2.24, 2.45) is 5.41 Å². The number of nitrogens with one attached hydrogen (secondary N) is 1. The molecule has 0 spiro atoms. The third-order valence-electron chi connectivity index (χ3n) is 3.66. The van der Waals surface area contributed by atoms with Crippen molar-refractivity contribution in [3.8, 4) is 0 Å². The van der Waals surface area contributed by atoms with Crippen LogP contribution in [0.25, 0.3) is 0 Å². The van der Waals surface area contributed by atoms with Crippen LogP contribution in [0.15, 0.2) is 20.1 Å². The Morgan fingerprint density at radius 1 is 1.32 bits per heavy atom. The SMILES string of the molecule is O=S(=O)(NCC1(CBr)CCCCC1)c1sccc1Br. The first kappa shape index (κ1) is 15.9.